The third-order valence-corrected chi connectivity index (χ3v) is 4.47. The van der Waals surface area contributed by atoms with Gasteiger partial charge in [0.1, 0.15) is 5.60 Å². The van der Waals surface area contributed by atoms with Crippen LogP contribution in [0, 0.1) is 5.92 Å². The first kappa shape index (κ1) is 13.7. The van der Waals surface area contributed by atoms with Crippen LogP contribution in [0.3, 0.4) is 0 Å². The van der Waals surface area contributed by atoms with Crippen LogP contribution in [0.1, 0.15) is 32.8 Å². The van der Waals surface area contributed by atoms with Crippen molar-refractivity contribution in [2.24, 2.45) is 5.92 Å². The summed E-state index contributed by atoms with van der Waals surface area (Å²) in [6.45, 7) is 7.26. The number of carbonyl (C=O) groups excluding carboxylic acids is 1. The van der Waals surface area contributed by atoms with Gasteiger partial charge in [-0.25, -0.2) is 4.79 Å². The molecule has 3 nitrogen and oxygen atoms in total. The maximum absolute atomic E-state index is 12.1. The lowest BCUT2D eigenvalue weighted by Crippen LogP contribution is -2.37. The zero-order chi connectivity index (χ0) is 14.5. The number of ether oxygens (including phenoxy) is 1. The van der Waals surface area contributed by atoms with Crippen LogP contribution >= 0.6 is 11.6 Å². The Bertz CT molecular complexity index is 534. The fourth-order valence-electron chi connectivity index (χ4n) is 3.18. The summed E-state index contributed by atoms with van der Waals surface area (Å²) in [5.74, 6) is 0.566. The molecule has 1 amide bonds. The highest BCUT2D eigenvalue weighted by molar-refractivity contribution is 6.30. The van der Waals surface area contributed by atoms with E-state index in [1.54, 1.807) is 0 Å². The summed E-state index contributed by atoms with van der Waals surface area (Å²) >= 11 is 5.94. The van der Waals surface area contributed by atoms with Crippen LogP contribution < -0.4 is 0 Å². The second-order valence-electron chi connectivity index (χ2n) is 6.92. The molecule has 2 atom stereocenters. The molecule has 4 heteroatoms. The number of amides is 1. The third-order valence-electron chi connectivity index (χ3n) is 4.22. The lowest BCUT2D eigenvalue weighted by Gasteiger charge is -2.26. The number of hydrogen-bond donors (Lipinski definition) is 0. The summed E-state index contributed by atoms with van der Waals surface area (Å²) in [6, 6.07) is 8.02. The maximum Gasteiger partial charge on any atom is 0.410 e. The number of carbonyl (C=O) groups is 1. The summed E-state index contributed by atoms with van der Waals surface area (Å²) in [5, 5.41) is 0.754. The van der Waals surface area contributed by atoms with Gasteiger partial charge in [-0.15, -0.1) is 0 Å². The van der Waals surface area contributed by atoms with E-state index in [2.05, 4.69) is 12.1 Å². The standard InChI is InChI=1S/C16H20ClNO2/c1-15(2,3)20-14(19)18-9-12-8-16(12,10-18)11-4-6-13(17)7-5-11/h4-7,12H,8-10H2,1-3H3. The van der Waals surface area contributed by atoms with Gasteiger partial charge in [0.25, 0.3) is 0 Å². The van der Waals surface area contributed by atoms with E-state index in [1.165, 1.54) is 5.56 Å². The van der Waals surface area contributed by atoms with Gasteiger partial charge < -0.3 is 9.64 Å². The van der Waals surface area contributed by atoms with Crippen molar-refractivity contribution in [1.82, 2.24) is 4.90 Å². The van der Waals surface area contributed by atoms with Crippen LogP contribution in [0.25, 0.3) is 0 Å². The van der Waals surface area contributed by atoms with Gasteiger partial charge in [-0.3, -0.25) is 0 Å². The summed E-state index contributed by atoms with van der Waals surface area (Å²) < 4.78 is 5.46. The number of halogens is 1. The Kier molecular flexibility index (Phi) is 3.02. The Morgan fingerprint density at radius 1 is 1.35 bits per heavy atom. The molecule has 1 heterocycles. The highest BCUT2D eigenvalue weighted by atomic mass is 35.5. The molecule has 0 N–H and O–H groups in total. The van der Waals surface area contributed by atoms with Crippen LogP contribution in [0.15, 0.2) is 24.3 Å². The zero-order valence-corrected chi connectivity index (χ0v) is 12.9. The molecular formula is C16H20ClNO2. The molecule has 1 saturated carbocycles. The van der Waals surface area contributed by atoms with Gasteiger partial charge in [-0.2, -0.15) is 0 Å². The largest absolute Gasteiger partial charge is 0.444 e. The SMILES string of the molecule is CC(C)(C)OC(=O)N1CC2CC2(c2ccc(Cl)cc2)C1. The normalized spacial score (nSPS) is 28.2. The van der Waals surface area contributed by atoms with Gasteiger partial charge in [-0.1, -0.05) is 23.7 Å². The minimum Gasteiger partial charge on any atom is -0.444 e. The molecule has 1 aromatic rings. The van der Waals surface area contributed by atoms with Crippen molar-refractivity contribution < 1.29 is 9.53 Å². The minimum absolute atomic E-state index is 0.140. The highest BCUT2D eigenvalue weighted by Crippen LogP contribution is 2.59. The van der Waals surface area contributed by atoms with E-state index in [1.807, 2.05) is 37.8 Å². The van der Waals surface area contributed by atoms with Crippen LogP contribution in [0.4, 0.5) is 4.79 Å². The molecule has 2 unspecified atom stereocenters. The smallest absolute Gasteiger partial charge is 0.410 e. The van der Waals surface area contributed by atoms with E-state index in [0.29, 0.717) is 5.92 Å². The quantitative estimate of drug-likeness (QED) is 0.787. The van der Waals surface area contributed by atoms with Crippen molar-refractivity contribution in [2.75, 3.05) is 13.1 Å². The lowest BCUT2D eigenvalue weighted by molar-refractivity contribution is 0.0270. The number of rotatable bonds is 1. The van der Waals surface area contributed by atoms with E-state index in [9.17, 15) is 4.79 Å². The molecule has 0 aromatic heterocycles. The van der Waals surface area contributed by atoms with Gasteiger partial charge in [0.05, 0.1) is 0 Å². The molecule has 20 heavy (non-hydrogen) atoms. The fraction of sp³-hybridized carbons (Fsp3) is 0.562. The number of benzene rings is 1. The fourth-order valence-corrected chi connectivity index (χ4v) is 3.30. The summed E-state index contributed by atoms with van der Waals surface area (Å²) in [6.07, 6.45) is 0.964. The molecule has 1 saturated heterocycles. The van der Waals surface area contributed by atoms with Crippen LogP contribution in [-0.2, 0) is 10.2 Å². The Morgan fingerprint density at radius 2 is 2.00 bits per heavy atom. The van der Waals surface area contributed by atoms with Crippen molar-refractivity contribution in [1.29, 1.82) is 0 Å². The molecule has 1 aromatic carbocycles. The minimum atomic E-state index is -0.433. The van der Waals surface area contributed by atoms with E-state index < -0.39 is 5.60 Å². The van der Waals surface area contributed by atoms with E-state index in [0.717, 1.165) is 24.5 Å². The van der Waals surface area contributed by atoms with Gasteiger partial charge in [0.2, 0.25) is 0 Å². The van der Waals surface area contributed by atoms with Crippen LogP contribution in [0.2, 0.25) is 5.02 Å². The molecule has 3 rings (SSSR count). The average molecular weight is 294 g/mol. The molecule has 0 bridgehead atoms. The first-order chi connectivity index (χ1) is 9.30. The van der Waals surface area contributed by atoms with Crippen LogP contribution in [-0.4, -0.2) is 29.7 Å². The Hall–Kier alpha value is -1.22. The zero-order valence-electron chi connectivity index (χ0n) is 12.1. The summed E-state index contributed by atoms with van der Waals surface area (Å²) in [4.78, 5) is 14.0. The molecule has 108 valence electrons. The number of nitrogens with zero attached hydrogens (tertiary/aromatic N) is 1. The van der Waals surface area contributed by atoms with Crippen molar-refractivity contribution in [3.8, 4) is 0 Å². The molecule has 2 fully saturated rings. The average Bonchev–Trinajstić information content (AvgIpc) is 2.90. The second kappa shape index (κ2) is 4.39. The Balaban J connectivity index is 1.71. The number of piperidine rings is 1. The van der Waals surface area contributed by atoms with E-state index >= 15 is 0 Å². The van der Waals surface area contributed by atoms with Crippen molar-refractivity contribution >= 4 is 17.7 Å². The Labute approximate surface area is 124 Å². The molecule has 1 aliphatic carbocycles. The van der Waals surface area contributed by atoms with E-state index in [-0.39, 0.29) is 11.5 Å². The van der Waals surface area contributed by atoms with Crippen molar-refractivity contribution in [2.45, 2.75) is 38.2 Å². The van der Waals surface area contributed by atoms with Crippen molar-refractivity contribution in [3.05, 3.63) is 34.9 Å². The van der Waals surface area contributed by atoms with Crippen LogP contribution in [0.5, 0.6) is 0 Å². The molecule has 0 radical (unpaired) electrons. The maximum atomic E-state index is 12.1. The first-order valence-corrected chi connectivity index (χ1v) is 7.42. The molecule has 0 spiro atoms. The molecule has 1 aliphatic heterocycles. The lowest BCUT2D eigenvalue weighted by atomic mass is 9.95. The first-order valence-electron chi connectivity index (χ1n) is 7.04. The summed E-state index contributed by atoms with van der Waals surface area (Å²) in [7, 11) is 0. The number of hydrogen-bond acceptors (Lipinski definition) is 2. The third kappa shape index (κ3) is 2.39. The highest BCUT2D eigenvalue weighted by Gasteiger charge is 2.62. The van der Waals surface area contributed by atoms with Gasteiger partial charge in [-0.05, 0) is 50.8 Å². The van der Waals surface area contributed by atoms with Crippen molar-refractivity contribution in [3.63, 3.8) is 0 Å². The predicted molar refractivity (Wildman–Crippen MR) is 79.0 cm³/mol. The Morgan fingerprint density at radius 3 is 2.60 bits per heavy atom. The number of fused-ring (bicyclic) bond motifs is 1. The van der Waals surface area contributed by atoms with Gasteiger partial charge in [0.15, 0.2) is 0 Å². The van der Waals surface area contributed by atoms with Gasteiger partial charge >= 0.3 is 6.09 Å². The second-order valence-corrected chi connectivity index (χ2v) is 7.36. The molecular weight excluding hydrogens is 274 g/mol. The number of likely N-dealkylation sites (tertiary alicyclic amines) is 1. The monoisotopic (exact) mass is 293 g/mol. The predicted octanol–water partition coefficient (Wildman–Crippen LogP) is 3.85. The summed E-state index contributed by atoms with van der Waals surface area (Å²) in [5.41, 5.74) is 0.997. The topological polar surface area (TPSA) is 29.5 Å². The van der Waals surface area contributed by atoms with E-state index in [4.69, 9.17) is 16.3 Å². The molecule has 2 aliphatic rings. The van der Waals surface area contributed by atoms with Gasteiger partial charge in [0, 0.05) is 23.5 Å².